The topological polar surface area (TPSA) is 123 Å². The van der Waals surface area contributed by atoms with Gasteiger partial charge < -0.3 is 30.4 Å². The molecule has 34 heavy (non-hydrogen) atoms. The van der Waals surface area contributed by atoms with Crippen molar-refractivity contribution < 1.29 is 28.5 Å². The van der Waals surface area contributed by atoms with Crippen LogP contribution in [0.3, 0.4) is 0 Å². The summed E-state index contributed by atoms with van der Waals surface area (Å²) in [5.41, 5.74) is 8.46. The number of carbonyl (C=O) groups is 2. The van der Waals surface area contributed by atoms with Crippen molar-refractivity contribution in [1.29, 1.82) is 0 Å². The highest BCUT2D eigenvalue weighted by Gasteiger charge is 2.34. The molecule has 0 radical (unpaired) electrons. The minimum absolute atomic E-state index is 0.0255. The molecule has 0 heterocycles. The Balaban J connectivity index is 4.77. The molecule has 8 nitrogen and oxygen atoms in total. The van der Waals surface area contributed by atoms with Gasteiger partial charge in [0.1, 0.15) is 11.2 Å². The van der Waals surface area contributed by atoms with E-state index in [1.165, 1.54) is 0 Å². The Bertz CT molecular complexity index is 628. The first-order valence-electron chi connectivity index (χ1n) is 12.7. The first kappa shape index (κ1) is 33.1. The van der Waals surface area contributed by atoms with Crippen molar-refractivity contribution >= 4 is 11.6 Å². The van der Waals surface area contributed by atoms with Gasteiger partial charge in [0.05, 0.1) is 50.2 Å². The van der Waals surface area contributed by atoms with Crippen LogP contribution in [-0.4, -0.2) is 73.0 Å². The standard InChI is InChI=1S/C26H52N2O6/c1-10-24(7,13-15-31-23(5,6)21(29)17-27)33-19-20(4)34-25(8,11-2)14-16-32-26(9,12-3)22(30)18-28/h20H,10-19,27-28H2,1-9H3. The van der Waals surface area contributed by atoms with Gasteiger partial charge in [-0.25, -0.2) is 0 Å². The Hall–Kier alpha value is -0.900. The number of rotatable bonds is 20. The molecule has 0 amide bonds. The highest BCUT2D eigenvalue weighted by atomic mass is 16.6. The van der Waals surface area contributed by atoms with Gasteiger partial charge in [0.15, 0.2) is 11.6 Å². The van der Waals surface area contributed by atoms with Gasteiger partial charge in [-0.05, 0) is 73.6 Å². The summed E-state index contributed by atoms with van der Waals surface area (Å²) in [6, 6.07) is 0. The largest absolute Gasteiger partial charge is 0.373 e. The summed E-state index contributed by atoms with van der Waals surface area (Å²) in [5, 5.41) is 0. The van der Waals surface area contributed by atoms with Gasteiger partial charge in [0.2, 0.25) is 0 Å². The summed E-state index contributed by atoms with van der Waals surface area (Å²) in [6.07, 6.45) is 3.37. The summed E-state index contributed by atoms with van der Waals surface area (Å²) in [7, 11) is 0. The van der Waals surface area contributed by atoms with Crippen molar-refractivity contribution in [2.45, 2.75) is 123 Å². The van der Waals surface area contributed by atoms with Crippen LogP contribution in [0.4, 0.5) is 0 Å². The maximum atomic E-state index is 12.1. The van der Waals surface area contributed by atoms with E-state index in [1.807, 2.05) is 20.8 Å². The van der Waals surface area contributed by atoms with Gasteiger partial charge in [0.25, 0.3) is 0 Å². The average Bonchev–Trinajstić information content (AvgIpc) is 2.81. The first-order chi connectivity index (χ1) is 15.7. The summed E-state index contributed by atoms with van der Waals surface area (Å²) in [4.78, 5) is 24.0. The van der Waals surface area contributed by atoms with Crippen LogP contribution in [0.5, 0.6) is 0 Å². The molecule has 4 unspecified atom stereocenters. The van der Waals surface area contributed by atoms with Crippen molar-refractivity contribution in [3.05, 3.63) is 0 Å². The minimum atomic E-state index is -0.895. The molecule has 0 rings (SSSR count). The first-order valence-corrected chi connectivity index (χ1v) is 12.7. The molecule has 202 valence electrons. The number of nitrogens with two attached hydrogens (primary N) is 2. The zero-order valence-corrected chi connectivity index (χ0v) is 23.3. The van der Waals surface area contributed by atoms with E-state index in [2.05, 4.69) is 20.8 Å². The SMILES string of the molecule is CCC(C)(CCOC(C)(C)C(=O)CN)OCC(C)OC(C)(CC)CCOC(C)(CC)C(=O)CN. The van der Waals surface area contributed by atoms with Crippen molar-refractivity contribution in [3.63, 3.8) is 0 Å². The Morgan fingerprint density at radius 2 is 1.24 bits per heavy atom. The lowest BCUT2D eigenvalue weighted by Crippen LogP contribution is -2.44. The molecular weight excluding hydrogens is 436 g/mol. The summed E-state index contributed by atoms with van der Waals surface area (Å²) < 4.78 is 24.4. The molecule has 4 N–H and O–H groups in total. The normalized spacial score (nSPS) is 18.6. The van der Waals surface area contributed by atoms with Gasteiger partial charge in [-0.1, -0.05) is 20.8 Å². The van der Waals surface area contributed by atoms with Crippen LogP contribution < -0.4 is 11.5 Å². The van der Waals surface area contributed by atoms with Gasteiger partial charge >= 0.3 is 0 Å². The molecule has 0 aliphatic heterocycles. The number of hydrogen-bond acceptors (Lipinski definition) is 8. The number of Topliss-reactive ketones (excluding diaryl/α,β-unsaturated/α-hetero) is 2. The van der Waals surface area contributed by atoms with E-state index in [9.17, 15) is 9.59 Å². The maximum absolute atomic E-state index is 12.1. The van der Waals surface area contributed by atoms with E-state index < -0.39 is 22.4 Å². The lowest BCUT2D eigenvalue weighted by Gasteiger charge is -2.36. The smallest absolute Gasteiger partial charge is 0.177 e. The lowest BCUT2D eigenvalue weighted by molar-refractivity contribution is -0.160. The molecule has 4 atom stereocenters. The van der Waals surface area contributed by atoms with Crippen LogP contribution in [0.2, 0.25) is 0 Å². The third-order valence-electron chi connectivity index (χ3n) is 7.10. The average molecular weight is 489 g/mol. The molecular formula is C26H52N2O6. The van der Waals surface area contributed by atoms with Crippen LogP contribution in [-0.2, 0) is 28.5 Å². The summed E-state index contributed by atoms with van der Waals surface area (Å²) in [5.74, 6) is -0.211. The van der Waals surface area contributed by atoms with E-state index in [0.717, 1.165) is 12.8 Å². The molecule has 0 saturated heterocycles. The van der Waals surface area contributed by atoms with Crippen LogP contribution in [0.1, 0.15) is 94.4 Å². The Kier molecular flexibility index (Phi) is 14.2. The molecule has 0 aliphatic rings. The van der Waals surface area contributed by atoms with Crippen LogP contribution >= 0.6 is 0 Å². The van der Waals surface area contributed by atoms with Crippen LogP contribution in [0.25, 0.3) is 0 Å². The van der Waals surface area contributed by atoms with Crippen molar-refractivity contribution in [1.82, 2.24) is 0 Å². The second kappa shape index (κ2) is 14.6. The third kappa shape index (κ3) is 10.8. The van der Waals surface area contributed by atoms with Crippen LogP contribution in [0, 0.1) is 0 Å². The molecule has 0 bridgehead atoms. The second-order valence-electron chi connectivity index (χ2n) is 10.4. The molecule has 0 fully saturated rings. The van der Waals surface area contributed by atoms with Gasteiger partial charge in [0, 0.05) is 0 Å². The fourth-order valence-corrected chi connectivity index (χ4v) is 3.44. The van der Waals surface area contributed by atoms with Crippen molar-refractivity contribution in [2.75, 3.05) is 32.9 Å². The van der Waals surface area contributed by atoms with Gasteiger partial charge in [-0.3, -0.25) is 9.59 Å². The van der Waals surface area contributed by atoms with E-state index >= 15 is 0 Å². The fraction of sp³-hybridized carbons (Fsp3) is 0.923. The highest BCUT2D eigenvalue weighted by molar-refractivity contribution is 5.88. The lowest BCUT2D eigenvalue weighted by atomic mass is 9.96. The van der Waals surface area contributed by atoms with Crippen LogP contribution in [0.15, 0.2) is 0 Å². The Morgan fingerprint density at radius 1 is 0.735 bits per heavy atom. The maximum Gasteiger partial charge on any atom is 0.177 e. The molecule has 0 aromatic heterocycles. The van der Waals surface area contributed by atoms with E-state index in [4.69, 9.17) is 30.4 Å². The molecule has 0 spiro atoms. The number of carbonyl (C=O) groups excluding carboxylic acids is 2. The highest BCUT2D eigenvalue weighted by Crippen LogP contribution is 2.27. The molecule has 0 aromatic carbocycles. The minimum Gasteiger partial charge on any atom is -0.373 e. The molecule has 0 aromatic rings. The number of ether oxygens (including phenoxy) is 4. The van der Waals surface area contributed by atoms with Gasteiger partial charge in [-0.2, -0.15) is 0 Å². The Morgan fingerprint density at radius 3 is 1.71 bits per heavy atom. The molecule has 0 aliphatic carbocycles. The van der Waals surface area contributed by atoms with Gasteiger partial charge in [-0.15, -0.1) is 0 Å². The quantitative estimate of drug-likeness (QED) is 0.267. The van der Waals surface area contributed by atoms with E-state index in [-0.39, 0.29) is 30.8 Å². The predicted octanol–water partition coefficient (Wildman–Crippen LogP) is 3.56. The van der Waals surface area contributed by atoms with E-state index in [1.54, 1.807) is 20.8 Å². The monoisotopic (exact) mass is 488 g/mol. The zero-order valence-electron chi connectivity index (χ0n) is 23.3. The van der Waals surface area contributed by atoms with E-state index in [0.29, 0.717) is 39.1 Å². The summed E-state index contributed by atoms with van der Waals surface area (Å²) >= 11 is 0. The van der Waals surface area contributed by atoms with Crippen molar-refractivity contribution in [2.24, 2.45) is 11.5 Å². The summed E-state index contributed by atoms with van der Waals surface area (Å²) in [6.45, 7) is 18.7. The third-order valence-corrected chi connectivity index (χ3v) is 7.10. The Labute approximate surface area is 207 Å². The number of ketones is 2. The number of hydrogen-bond donors (Lipinski definition) is 2. The van der Waals surface area contributed by atoms with Crippen molar-refractivity contribution in [3.8, 4) is 0 Å². The zero-order chi connectivity index (χ0) is 26.6. The second-order valence-corrected chi connectivity index (χ2v) is 10.4. The molecule has 0 saturated carbocycles. The fourth-order valence-electron chi connectivity index (χ4n) is 3.44. The predicted molar refractivity (Wildman–Crippen MR) is 136 cm³/mol. The molecule has 8 heteroatoms.